The van der Waals surface area contributed by atoms with Crippen LogP contribution in [0.25, 0.3) is 22.8 Å². The van der Waals surface area contributed by atoms with E-state index < -0.39 is 0 Å². The van der Waals surface area contributed by atoms with Crippen LogP contribution in [0.5, 0.6) is 0 Å². The van der Waals surface area contributed by atoms with Gasteiger partial charge in [-0.25, -0.2) is 4.98 Å². The first-order valence-electron chi connectivity index (χ1n) is 10.4. The van der Waals surface area contributed by atoms with Crippen molar-refractivity contribution in [1.29, 1.82) is 0 Å². The number of hydrogen-bond donors (Lipinski definition) is 1. The summed E-state index contributed by atoms with van der Waals surface area (Å²) in [4.78, 5) is 17.3. The predicted molar refractivity (Wildman–Crippen MR) is 127 cm³/mol. The molecule has 0 saturated carbocycles. The maximum absolute atomic E-state index is 12.5. The second-order valence-electron chi connectivity index (χ2n) is 7.67. The Kier molecular flexibility index (Phi) is 4.95. The van der Waals surface area contributed by atoms with Crippen LogP contribution in [-0.4, -0.2) is 25.4 Å². The molecule has 6 heteroatoms. The van der Waals surface area contributed by atoms with E-state index in [1.54, 1.807) is 18.2 Å². The summed E-state index contributed by atoms with van der Waals surface area (Å²) < 4.78 is 1.98. The van der Waals surface area contributed by atoms with Crippen LogP contribution in [0.2, 0.25) is 0 Å². The first-order chi connectivity index (χ1) is 15.6. The first-order valence-corrected chi connectivity index (χ1v) is 10.4. The lowest BCUT2D eigenvalue weighted by atomic mass is 10.1. The third-order valence-electron chi connectivity index (χ3n) is 5.33. The van der Waals surface area contributed by atoms with Gasteiger partial charge in [0.2, 0.25) is 5.65 Å². The van der Waals surface area contributed by atoms with Crippen molar-refractivity contribution in [2.45, 2.75) is 13.8 Å². The quantitative estimate of drug-likeness (QED) is 0.299. The topological polar surface area (TPSA) is 72.2 Å². The highest BCUT2D eigenvalue weighted by atomic mass is 16.1. The summed E-state index contributed by atoms with van der Waals surface area (Å²) >= 11 is 0. The number of allylic oxidation sites excluding steroid dienone is 1. The number of benzene rings is 3. The molecule has 0 spiro atoms. The lowest BCUT2D eigenvalue weighted by Gasteiger charge is -2.10. The van der Waals surface area contributed by atoms with Crippen molar-refractivity contribution in [3.63, 3.8) is 0 Å². The van der Waals surface area contributed by atoms with E-state index in [-0.39, 0.29) is 5.78 Å². The third kappa shape index (κ3) is 3.74. The van der Waals surface area contributed by atoms with Crippen molar-refractivity contribution < 1.29 is 4.79 Å². The zero-order valence-electron chi connectivity index (χ0n) is 17.8. The number of anilines is 2. The number of carbonyl (C=O) groups excluding carboxylic acids is 1. The monoisotopic (exact) mass is 419 g/mol. The molecule has 156 valence electrons. The molecule has 2 heterocycles. The first kappa shape index (κ1) is 19.6. The van der Waals surface area contributed by atoms with Gasteiger partial charge in [-0.15, -0.1) is 10.2 Å². The average Bonchev–Trinajstić information content (AvgIpc) is 3.21. The Balaban J connectivity index is 1.39. The van der Waals surface area contributed by atoms with Gasteiger partial charge in [0.15, 0.2) is 11.6 Å². The number of nitrogens with one attached hydrogen (secondary N) is 1. The lowest BCUT2D eigenvalue weighted by Crippen LogP contribution is -2.01. The molecule has 0 saturated heterocycles. The Hall–Kier alpha value is -4.32. The fourth-order valence-electron chi connectivity index (χ4n) is 3.61. The largest absolute Gasteiger partial charge is 0.337 e. The SMILES string of the molecule is Cc1ccc(/C=C/C(=O)c2ccc(Nc3nc4ccccc4n4c(C)nnc34)cc2)cc1. The third-order valence-corrected chi connectivity index (χ3v) is 5.33. The standard InChI is InChI=1S/C26H21N5O/c1-17-7-9-19(10-8-17)11-16-24(32)20-12-14-21(15-13-20)27-25-26-30-29-18(2)31(26)23-6-4-3-5-22(23)28-25/h3-16H,1-2H3,(H,27,28)/b16-11+. The molecule has 32 heavy (non-hydrogen) atoms. The maximum atomic E-state index is 12.5. The van der Waals surface area contributed by atoms with Crippen molar-refractivity contribution in [3.05, 3.63) is 101 Å². The average molecular weight is 419 g/mol. The molecule has 3 aromatic carbocycles. The fourth-order valence-corrected chi connectivity index (χ4v) is 3.61. The lowest BCUT2D eigenvalue weighted by molar-refractivity contribution is 0.104. The van der Waals surface area contributed by atoms with Gasteiger partial charge < -0.3 is 5.32 Å². The van der Waals surface area contributed by atoms with Crippen LogP contribution < -0.4 is 5.32 Å². The highest BCUT2D eigenvalue weighted by Crippen LogP contribution is 2.24. The number of hydrogen-bond acceptors (Lipinski definition) is 5. The smallest absolute Gasteiger partial charge is 0.204 e. The molecule has 0 aliphatic rings. The summed E-state index contributed by atoms with van der Waals surface area (Å²) in [6, 6.07) is 23.3. The summed E-state index contributed by atoms with van der Waals surface area (Å²) in [7, 11) is 0. The normalized spacial score (nSPS) is 11.4. The molecular weight excluding hydrogens is 398 g/mol. The van der Waals surface area contributed by atoms with E-state index in [0.29, 0.717) is 17.0 Å². The van der Waals surface area contributed by atoms with Crippen molar-refractivity contribution in [2.75, 3.05) is 5.32 Å². The Bertz CT molecular complexity index is 1460. The van der Waals surface area contributed by atoms with E-state index in [0.717, 1.165) is 28.1 Å². The molecule has 0 amide bonds. The Morgan fingerprint density at radius 2 is 1.66 bits per heavy atom. The number of ketones is 1. The van der Waals surface area contributed by atoms with E-state index in [1.165, 1.54) is 5.56 Å². The number of aromatic nitrogens is 4. The number of nitrogens with zero attached hydrogens (tertiary/aromatic N) is 4. The molecule has 0 fully saturated rings. The molecule has 0 atom stereocenters. The molecule has 0 unspecified atom stereocenters. The number of carbonyl (C=O) groups is 1. The molecule has 0 aliphatic heterocycles. The second-order valence-corrected chi connectivity index (χ2v) is 7.67. The highest BCUT2D eigenvalue weighted by molar-refractivity contribution is 6.07. The van der Waals surface area contributed by atoms with Crippen LogP contribution in [-0.2, 0) is 0 Å². The van der Waals surface area contributed by atoms with Crippen LogP contribution in [0.1, 0.15) is 27.3 Å². The minimum absolute atomic E-state index is 0.0450. The number of para-hydroxylation sites is 2. The summed E-state index contributed by atoms with van der Waals surface area (Å²) in [5, 5.41) is 11.8. The van der Waals surface area contributed by atoms with Crippen LogP contribution in [0.4, 0.5) is 11.5 Å². The van der Waals surface area contributed by atoms with Crippen molar-refractivity contribution in [1.82, 2.24) is 19.6 Å². The van der Waals surface area contributed by atoms with Gasteiger partial charge >= 0.3 is 0 Å². The van der Waals surface area contributed by atoms with Gasteiger partial charge in [0.25, 0.3) is 0 Å². The van der Waals surface area contributed by atoms with E-state index >= 15 is 0 Å². The van der Waals surface area contributed by atoms with Crippen molar-refractivity contribution in [3.8, 4) is 0 Å². The van der Waals surface area contributed by atoms with E-state index in [9.17, 15) is 4.79 Å². The van der Waals surface area contributed by atoms with Crippen LogP contribution in [0.3, 0.4) is 0 Å². The van der Waals surface area contributed by atoms with Gasteiger partial charge in [-0.1, -0.05) is 48.0 Å². The molecule has 0 bridgehead atoms. The summed E-state index contributed by atoms with van der Waals surface area (Å²) in [6.07, 6.45) is 3.43. The molecule has 5 rings (SSSR count). The van der Waals surface area contributed by atoms with Gasteiger partial charge in [-0.3, -0.25) is 9.20 Å². The molecule has 1 N–H and O–H groups in total. The maximum Gasteiger partial charge on any atom is 0.204 e. The number of aryl methyl sites for hydroxylation is 2. The van der Waals surface area contributed by atoms with Crippen LogP contribution in [0, 0.1) is 13.8 Å². The van der Waals surface area contributed by atoms with Gasteiger partial charge in [0, 0.05) is 11.3 Å². The molecule has 0 aliphatic carbocycles. The number of fused-ring (bicyclic) bond motifs is 3. The highest BCUT2D eigenvalue weighted by Gasteiger charge is 2.13. The van der Waals surface area contributed by atoms with Gasteiger partial charge in [0.05, 0.1) is 11.0 Å². The van der Waals surface area contributed by atoms with Crippen LogP contribution in [0.15, 0.2) is 78.9 Å². The minimum Gasteiger partial charge on any atom is -0.337 e. The summed E-state index contributed by atoms with van der Waals surface area (Å²) in [6.45, 7) is 3.96. The molecule has 2 aromatic heterocycles. The van der Waals surface area contributed by atoms with Crippen molar-refractivity contribution >= 4 is 40.0 Å². The summed E-state index contributed by atoms with van der Waals surface area (Å²) in [5.74, 6) is 1.36. The Morgan fingerprint density at radius 3 is 2.44 bits per heavy atom. The van der Waals surface area contributed by atoms with Gasteiger partial charge in [0.1, 0.15) is 5.82 Å². The second kappa shape index (κ2) is 8.07. The van der Waals surface area contributed by atoms with Crippen LogP contribution >= 0.6 is 0 Å². The summed E-state index contributed by atoms with van der Waals surface area (Å²) in [5.41, 5.74) is 6.08. The molecule has 5 aromatic rings. The Labute approximate surface area is 185 Å². The van der Waals surface area contributed by atoms with E-state index in [1.807, 2.05) is 85.0 Å². The minimum atomic E-state index is -0.0450. The zero-order chi connectivity index (χ0) is 22.1. The predicted octanol–water partition coefficient (Wildman–Crippen LogP) is 5.53. The van der Waals surface area contributed by atoms with E-state index in [4.69, 9.17) is 4.98 Å². The fraction of sp³-hybridized carbons (Fsp3) is 0.0769. The number of rotatable bonds is 5. The molecule has 0 radical (unpaired) electrons. The molecule has 6 nitrogen and oxygen atoms in total. The Morgan fingerprint density at radius 1 is 0.906 bits per heavy atom. The zero-order valence-corrected chi connectivity index (χ0v) is 17.8. The van der Waals surface area contributed by atoms with E-state index in [2.05, 4.69) is 15.5 Å². The molecular formula is C26H21N5O. The van der Waals surface area contributed by atoms with Crippen molar-refractivity contribution in [2.24, 2.45) is 0 Å². The van der Waals surface area contributed by atoms with Gasteiger partial charge in [-0.05, 0) is 61.9 Å². The van der Waals surface area contributed by atoms with Gasteiger partial charge in [-0.2, -0.15) is 0 Å².